The molecule has 1 aliphatic carbocycles. The smallest absolute Gasteiger partial charge is 0.0594 e. The molecule has 3 rings (SSSR count). The van der Waals surface area contributed by atoms with Crippen LogP contribution >= 0.6 is 0 Å². The Bertz CT molecular complexity index is 488. The summed E-state index contributed by atoms with van der Waals surface area (Å²) in [5.74, 6) is 0. The molecular formula is C18H28N2O. The molecule has 1 aliphatic heterocycles. The highest BCUT2D eigenvalue weighted by atomic mass is 16.5. The molecule has 116 valence electrons. The van der Waals surface area contributed by atoms with Gasteiger partial charge in [-0.15, -0.1) is 0 Å². The van der Waals surface area contributed by atoms with Gasteiger partial charge >= 0.3 is 0 Å². The fraction of sp³-hybridized carbons (Fsp3) is 0.667. The van der Waals surface area contributed by atoms with Gasteiger partial charge in [-0.2, -0.15) is 0 Å². The van der Waals surface area contributed by atoms with Gasteiger partial charge in [-0.3, -0.25) is 4.90 Å². The van der Waals surface area contributed by atoms with E-state index in [-0.39, 0.29) is 11.6 Å². The van der Waals surface area contributed by atoms with Crippen molar-refractivity contribution >= 4 is 0 Å². The molecule has 3 heteroatoms. The first-order valence-electron chi connectivity index (χ1n) is 8.30. The number of hydrogen-bond acceptors (Lipinski definition) is 3. The van der Waals surface area contributed by atoms with Crippen molar-refractivity contribution < 1.29 is 4.74 Å². The third-order valence-corrected chi connectivity index (χ3v) is 5.67. The van der Waals surface area contributed by atoms with Gasteiger partial charge in [-0.05, 0) is 43.4 Å². The zero-order chi connectivity index (χ0) is 14.9. The van der Waals surface area contributed by atoms with Gasteiger partial charge in [0.15, 0.2) is 0 Å². The highest BCUT2D eigenvalue weighted by molar-refractivity contribution is 5.37. The molecule has 2 aliphatic rings. The SMILES string of the molecule is Cc1cccc(C(N)C2(N3CCOCC3)CCCC2)c1C. The number of hydrogen-bond donors (Lipinski definition) is 1. The Morgan fingerprint density at radius 1 is 1.14 bits per heavy atom. The molecule has 1 unspecified atom stereocenters. The van der Waals surface area contributed by atoms with Crippen LogP contribution in [0.4, 0.5) is 0 Å². The van der Waals surface area contributed by atoms with Gasteiger partial charge in [0, 0.05) is 24.7 Å². The molecular weight excluding hydrogens is 260 g/mol. The van der Waals surface area contributed by atoms with Crippen LogP contribution in [0.15, 0.2) is 18.2 Å². The van der Waals surface area contributed by atoms with Crippen LogP contribution in [0, 0.1) is 13.8 Å². The van der Waals surface area contributed by atoms with E-state index in [4.69, 9.17) is 10.5 Å². The monoisotopic (exact) mass is 288 g/mol. The second-order valence-corrected chi connectivity index (χ2v) is 6.68. The van der Waals surface area contributed by atoms with Crippen LogP contribution in [0.1, 0.15) is 48.4 Å². The number of benzene rings is 1. The number of morpholine rings is 1. The second kappa shape index (κ2) is 6.07. The molecule has 2 fully saturated rings. The molecule has 2 N–H and O–H groups in total. The van der Waals surface area contributed by atoms with E-state index in [2.05, 4.69) is 36.9 Å². The number of nitrogens with two attached hydrogens (primary N) is 1. The Hall–Kier alpha value is -0.900. The van der Waals surface area contributed by atoms with Crippen molar-refractivity contribution in [2.75, 3.05) is 26.3 Å². The van der Waals surface area contributed by atoms with Crippen molar-refractivity contribution in [2.45, 2.75) is 51.1 Å². The lowest BCUT2D eigenvalue weighted by atomic mass is 9.80. The predicted octanol–water partition coefficient (Wildman–Crippen LogP) is 2.95. The fourth-order valence-corrected chi connectivity index (χ4v) is 4.22. The van der Waals surface area contributed by atoms with Crippen LogP contribution in [-0.4, -0.2) is 36.7 Å². The zero-order valence-corrected chi connectivity index (χ0v) is 13.4. The molecule has 0 bridgehead atoms. The molecule has 0 amide bonds. The molecule has 1 aromatic carbocycles. The summed E-state index contributed by atoms with van der Waals surface area (Å²) < 4.78 is 5.55. The van der Waals surface area contributed by atoms with Crippen LogP contribution < -0.4 is 5.73 Å². The maximum absolute atomic E-state index is 6.85. The fourth-order valence-electron chi connectivity index (χ4n) is 4.22. The van der Waals surface area contributed by atoms with Crippen molar-refractivity contribution in [3.63, 3.8) is 0 Å². The van der Waals surface area contributed by atoms with E-state index in [1.807, 2.05) is 0 Å². The summed E-state index contributed by atoms with van der Waals surface area (Å²) in [6.07, 6.45) is 5.05. The van der Waals surface area contributed by atoms with Crippen LogP contribution in [0.25, 0.3) is 0 Å². The van der Waals surface area contributed by atoms with Crippen LogP contribution in [0.5, 0.6) is 0 Å². The summed E-state index contributed by atoms with van der Waals surface area (Å²) in [7, 11) is 0. The van der Waals surface area contributed by atoms with Gasteiger partial charge < -0.3 is 10.5 Å². The summed E-state index contributed by atoms with van der Waals surface area (Å²) >= 11 is 0. The van der Waals surface area contributed by atoms with Crippen LogP contribution in [-0.2, 0) is 4.74 Å². The Balaban J connectivity index is 1.94. The normalized spacial score (nSPS) is 24.1. The zero-order valence-electron chi connectivity index (χ0n) is 13.4. The average molecular weight is 288 g/mol. The van der Waals surface area contributed by atoms with Gasteiger partial charge in [0.05, 0.1) is 13.2 Å². The van der Waals surface area contributed by atoms with Crippen molar-refractivity contribution in [3.05, 3.63) is 34.9 Å². The molecule has 0 radical (unpaired) electrons. The average Bonchev–Trinajstić information content (AvgIpc) is 3.01. The molecule has 0 aromatic heterocycles. The standard InChI is InChI=1S/C18H28N2O/c1-14-6-5-7-16(15(14)2)17(19)18(8-3-4-9-18)20-10-12-21-13-11-20/h5-7,17H,3-4,8-13,19H2,1-2H3. The maximum Gasteiger partial charge on any atom is 0.0594 e. The topological polar surface area (TPSA) is 38.5 Å². The highest BCUT2D eigenvalue weighted by Gasteiger charge is 2.45. The van der Waals surface area contributed by atoms with E-state index in [1.165, 1.54) is 42.4 Å². The lowest BCUT2D eigenvalue weighted by Crippen LogP contribution is -2.57. The maximum atomic E-state index is 6.85. The van der Waals surface area contributed by atoms with E-state index >= 15 is 0 Å². The summed E-state index contributed by atoms with van der Waals surface area (Å²) in [5.41, 5.74) is 11.0. The second-order valence-electron chi connectivity index (χ2n) is 6.68. The highest BCUT2D eigenvalue weighted by Crippen LogP contribution is 2.44. The minimum Gasteiger partial charge on any atom is -0.379 e. The Morgan fingerprint density at radius 3 is 2.48 bits per heavy atom. The van der Waals surface area contributed by atoms with Crippen molar-refractivity contribution in [2.24, 2.45) is 5.73 Å². The molecule has 0 spiro atoms. The van der Waals surface area contributed by atoms with Gasteiger partial charge in [0.1, 0.15) is 0 Å². The summed E-state index contributed by atoms with van der Waals surface area (Å²) in [6, 6.07) is 6.67. The van der Waals surface area contributed by atoms with Crippen LogP contribution in [0.3, 0.4) is 0 Å². The number of aryl methyl sites for hydroxylation is 1. The lowest BCUT2D eigenvalue weighted by molar-refractivity contribution is -0.0312. The summed E-state index contributed by atoms with van der Waals surface area (Å²) in [4.78, 5) is 2.62. The molecule has 1 heterocycles. The van der Waals surface area contributed by atoms with E-state index in [0.29, 0.717) is 0 Å². The predicted molar refractivity (Wildman–Crippen MR) is 86.4 cm³/mol. The molecule has 1 atom stereocenters. The number of rotatable bonds is 3. The molecule has 1 saturated carbocycles. The van der Waals surface area contributed by atoms with Gasteiger partial charge in [0.2, 0.25) is 0 Å². The third kappa shape index (κ3) is 2.63. The molecule has 3 nitrogen and oxygen atoms in total. The Labute approximate surface area is 128 Å². The van der Waals surface area contributed by atoms with Gasteiger partial charge in [0.25, 0.3) is 0 Å². The van der Waals surface area contributed by atoms with Crippen molar-refractivity contribution in [1.82, 2.24) is 4.90 Å². The van der Waals surface area contributed by atoms with Gasteiger partial charge in [-0.1, -0.05) is 31.0 Å². The van der Waals surface area contributed by atoms with E-state index in [9.17, 15) is 0 Å². The summed E-state index contributed by atoms with van der Waals surface area (Å²) in [5, 5.41) is 0. The third-order valence-electron chi connectivity index (χ3n) is 5.67. The lowest BCUT2D eigenvalue weighted by Gasteiger charge is -2.47. The van der Waals surface area contributed by atoms with Gasteiger partial charge in [-0.25, -0.2) is 0 Å². The molecule has 1 saturated heterocycles. The van der Waals surface area contributed by atoms with Crippen molar-refractivity contribution in [1.29, 1.82) is 0 Å². The minimum atomic E-state index is 0.109. The van der Waals surface area contributed by atoms with E-state index in [1.54, 1.807) is 0 Å². The van der Waals surface area contributed by atoms with E-state index < -0.39 is 0 Å². The number of nitrogens with zero attached hydrogens (tertiary/aromatic N) is 1. The Kier molecular flexibility index (Phi) is 4.34. The first-order valence-corrected chi connectivity index (χ1v) is 8.30. The Morgan fingerprint density at radius 2 is 1.81 bits per heavy atom. The first-order chi connectivity index (χ1) is 10.1. The van der Waals surface area contributed by atoms with Crippen LogP contribution in [0.2, 0.25) is 0 Å². The van der Waals surface area contributed by atoms with Crippen molar-refractivity contribution in [3.8, 4) is 0 Å². The van der Waals surface area contributed by atoms with E-state index in [0.717, 1.165) is 26.3 Å². The first kappa shape index (κ1) is 15.0. The quantitative estimate of drug-likeness (QED) is 0.929. The summed E-state index contributed by atoms with van der Waals surface area (Å²) in [6.45, 7) is 8.15. The minimum absolute atomic E-state index is 0.109. The largest absolute Gasteiger partial charge is 0.379 e. The molecule has 21 heavy (non-hydrogen) atoms. The number of ether oxygens (including phenoxy) is 1. The molecule has 1 aromatic rings.